The Bertz CT molecular complexity index is 773. The van der Waals surface area contributed by atoms with E-state index in [-0.39, 0.29) is 11.9 Å². The molecular weight excluding hydrogens is 302 g/mol. The number of hydrogen-bond acceptors (Lipinski definition) is 4. The highest BCUT2D eigenvalue weighted by atomic mass is 16.5. The summed E-state index contributed by atoms with van der Waals surface area (Å²) in [5.74, 6) is 0.281. The number of pyridine rings is 1. The van der Waals surface area contributed by atoms with Crippen molar-refractivity contribution in [1.82, 2.24) is 4.98 Å². The van der Waals surface area contributed by atoms with E-state index < -0.39 is 0 Å². The number of benzene rings is 1. The van der Waals surface area contributed by atoms with Crippen LogP contribution in [0.1, 0.15) is 34.8 Å². The Morgan fingerprint density at radius 1 is 1.38 bits per heavy atom. The van der Waals surface area contributed by atoms with Crippen molar-refractivity contribution in [2.45, 2.75) is 33.2 Å². The van der Waals surface area contributed by atoms with Crippen molar-refractivity contribution in [1.29, 1.82) is 0 Å². The Morgan fingerprint density at radius 3 is 2.83 bits per heavy atom. The standard InChI is InChI=1S/C19H23N3O2/c1-5-14-11-22(17-10-13(3)12(2)9-16(17)21-14)19(23)15-7-6-8-20-18(15)24-4/h6-10,14,21H,5,11H2,1-4H3. The highest BCUT2D eigenvalue weighted by Gasteiger charge is 2.30. The minimum absolute atomic E-state index is 0.0793. The molecule has 3 rings (SSSR count). The molecule has 0 saturated heterocycles. The largest absolute Gasteiger partial charge is 0.480 e. The summed E-state index contributed by atoms with van der Waals surface area (Å²) in [6.45, 7) is 6.90. The van der Waals surface area contributed by atoms with Gasteiger partial charge in [-0.25, -0.2) is 4.98 Å². The van der Waals surface area contributed by atoms with Crippen LogP contribution in [0.3, 0.4) is 0 Å². The van der Waals surface area contributed by atoms with Gasteiger partial charge in [0, 0.05) is 18.8 Å². The third-order valence-corrected chi connectivity index (χ3v) is 4.60. The number of nitrogens with one attached hydrogen (secondary N) is 1. The second-order valence-electron chi connectivity index (χ2n) is 6.18. The zero-order valence-corrected chi connectivity index (χ0v) is 14.6. The topological polar surface area (TPSA) is 54.5 Å². The molecule has 5 nitrogen and oxygen atoms in total. The first-order valence-electron chi connectivity index (χ1n) is 8.23. The molecule has 126 valence electrons. The lowest BCUT2D eigenvalue weighted by Crippen LogP contribution is -2.44. The molecule has 0 saturated carbocycles. The van der Waals surface area contributed by atoms with Crippen LogP contribution in [0.25, 0.3) is 0 Å². The first-order chi connectivity index (χ1) is 11.5. The van der Waals surface area contributed by atoms with Crippen LogP contribution in [0.15, 0.2) is 30.5 Å². The third-order valence-electron chi connectivity index (χ3n) is 4.60. The van der Waals surface area contributed by atoms with Gasteiger partial charge in [-0.3, -0.25) is 4.79 Å². The maximum atomic E-state index is 13.2. The van der Waals surface area contributed by atoms with Crippen molar-refractivity contribution >= 4 is 17.3 Å². The van der Waals surface area contributed by atoms with Crippen LogP contribution in [0.5, 0.6) is 5.88 Å². The minimum atomic E-state index is -0.0793. The van der Waals surface area contributed by atoms with Gasteiger partial charge in [0.2, 0.25) is 5.88 Å². The fourth-order valence-corrected chi connectivity index (χ4v) is 3.01. The van der Waals surface area contributed by atoms with Gasteiger partial charge >= 0.3 is 0 Å². The second kappa shape index (κ2) is 6.51. The molecule has 0 bridgehead atoms. The third kappa shape index (κ3) is 2.82. The summed E-state index contributed by atoms with van der Waals surface area (Å²) in [6.07, 6.45) is 2.57. The summed E-state index contributed by atoms with van der Waals surface area (Å²) >= 11 is 0. The summed E-state index contributed by atoms with van der Waals surface area (Å²) in [6, 6.07) is 7.94. The van der Waals surface area contributed by atoms with Crippen LogP contribution < -0.4 is 15.0 Å². The van der Waals surface area contributed by atoms with Crippen LogP contribution in [0, 0.1) is 13.8 Å². The number of nitrogens with zero attached hydrogens (tertiary/aromatic N) is 2. The maximum Gasteiger partial charge on any atom is 0.263 e. The molecule has 1 amide bonds. The Balaban J connectivity index is 2.07. The minimum Gasteiger partial charge on any atom is -0.480 e. The van der Waals surface area contributed by atoms with E-state index in [1.165, 1.54) is 18.2 Å². The van der Waals surface area contributed by atoms with Crippen LogP contribution in [-0.4, -0.2) is 30.6 Å². The lowest BCUT2D eigenvalue weighted by molar-refractivity contribution is 0.0981. The van der Waals surface area contributed by atoms with E-state index >= 15 is 0 Å². The van der Waals surface area contributed by atoms with Gasteiger partial charge < -0.3 is 15.0 Å². The lowest BCUT2D eigenvalue weighted by Gasteiger charge is -2.36. The van der Waals surface area contributed by atoms with Gasteiger partial charge in [-0.2, -0.15) is 0 Å². The zero-order chi connectivity index (χ0) is 17.3. The number of carbonyl (C=O) groups is 1. The van der Waals surface area contributed by atoms with E-state index in [0.717, 1.165) is 17.8 Å². The number of aryl methyl sites for hydroxylation is 2. The average Bonchev–Trinajstić information content (AvgIpc) is 2.61. The molecule has 2 heterocycles. The van der Waals surface area contributed by atoms with Crippen molar-refractivity contribution in [2.75, 3.05) is 23.9 Å². The first-order valence-corrected chi connectivity index (χ1v) is 8.23. The van der Waals surface area contributed by atoms with Gasteiger partial charge in [-0.1, -0.05) is 6.92 Å². The molecule has 0 radical (unpaired) electrons. The average molecular weight is 325 g/mol. The quantitative estimate of drug-likeness (QED) is 0.937. The fourth-order valence-electron chi connectivity index (χ4n) is 3.01. The van der Waals surface area contributed by atoms with Crippen LogP contribution in [0.2, 0.25) is 0 Å². The highest BCUT2D eigenvalue weighted by molar-refractivity contribution is 6.09. The number of carbonyl (C=O) groups excluding carboxylic acids is 1. The number of methoxy groups -OCH3 is 1. The van der Waals surface area contributed by atoms with E-state index in [4.69, 9.17) is 4.74 Å². The monoisotopic (exact) mass is 325 g/mol. The number of amides is 1. The molecule has 24 heavy (non-hydrogen) atoms. The highest BCUT2D eigenvalue weighted by Crippen LogP contribution is 2.35. The van der Waals surface area contributed by atoms with Gasteiger partial charge in [-0.05, 0) is 55.7 Å². The molecule has 1 N–H and O–H groups in total. The number of anilines is 2. The molecule has 0 fully saturated rings. The van der Waals surface area contributed by atoms with Crippen molar-refractivity contribution < 1.29 is 9.53 Å². The van der Waals surface area contributed by atoms with Gasteiger partial charge in [-0.15, -0.1) is 0 Å². The van der Waals surface area contributed by atoms with Crippen LogP contribution in [-0.2, 0) is 0 Å². The van der Waals surface area contributed by atoms with E-state index in [9.17, 15) is 4.79 Å². The van der Waals surface area contributed by atoms with Crippen molar-refractivity contribution in [2.24, 2.45) is 0 Å². The molecule has 2 aromatic rings. The number of fused-ring (bicyclic) bond motifs is 1. The Hall–Kier alpha value is -2.56. The summed E-state index contributed by atoms with van der Waals surface area (Å²) in [4.78, 5) is 19.2. The normalized spacial score (nSPS) is 16.3. The van der Waals surface area contributed by atoms with Gasteiger partial charge in [0.25, 0.3) is 5.91 Å². The molecule has 1 aliphatic rings. The molecule has 1 unspecified atom stereocenters. The summed E-state index contributed by atoms with van der Waals surface area (Å²) < 4.78 is 5.27. The van der Waals surface area contributed by atoms with Gasteiger partial charge in [0.15, 0.2) is 0 Å². The smallest absolute Gasteiger partial charge is 0.263 e. The number of ether oxygens (including phenoxy) is 1. The SMILES string of the molecule is CCC1CN(C(=O)c2cccnc2OC)c2cc(C)c(C)cc2N1. The molecule has 1 aliphatic heterocycles. The van der Waals surface area contributed by atoms with Crippen molar-refractivity contribution in [3.05, 3.63) is 47.2 Å². The molecule has 0 aliphatic carbocycles. The Kier molecular flexibility index (Phi) is 4.42. The molecule has 5 heteroatoms. The summed E-state index contributed by atoms with van der Waals surface area (Å²) in [5.41, 5.74) is 4.79. The van der Waals surface area contributed by atoms with Gasteiger partial charge in [0.1, 0.15) is 5.56 Å². The van der Waals surface area contributed by atoms with E-state index in [0.29, 0.717) is 18.0 Å². The van der Waals surface area contributed by atoms with E-state index in [2.05, 4.69) is 43.2 Å². The fraction of sp³-hybridized carbons (Fsp3) is 0.368. The molecular formula is C19H23N3O2. The second-order valence-corrected chi connectivity index (χ2v) is 6.18. The number of rotatable bonds is 3. The molecule has 1 aromatic heterocycles. The van der Waals surface area contributed by atoms with Crippen molar-refractivity contribution in [3.63, 3.8) is 0 Å². The summed E-state index contributed by atoms with van der Waals surface area (Å²) in [5, 5.41) is 3.54. The van der Waals surface area contributed by atoms with E-state index in [1.807, 2.05) is 4.90 Å². The Labute approximate surface area is 142 Å². The van der Waals surface area contributed by atoms with E-state index in [1.54, 1.807) is 18.3 Å². The molecule has 1 aromatic carbocycles. The number of hydrogen-bond donors (Lipinski definition) is 1. The number of aromatic nitrogens is 1. The molecule has 0 spiro atoms. The van der Waals surface area contributed by atoms with Crippen molar-refractivity contribution in [3.8, 4) is 5.88 Å². The predicted octanol–water partition coefficient (Wildman–Crippen LogP) is 3.56. The predicted molar refractivity (Wildman–Crippen MR) is 96.1 cm³/mol. The Morgan fingerprint density at radius 2 is 2.12 bits per heavy atom. The maximum absolute atomic E-state index is 13.2. The molecule has 1 atom stereocenters. The lowest BCUT2D eigenvalue weighted by atomic mass is 10.0. The summed E-state index contributed by atoms with van der Waals surface area (Å²) in [7, 11) is 1.53. The van der Waals surface area contributed by atoms with Gasteiger partial charge in [0.05, 0.1) is 18.5 Å². The van der Waals surface area contributed by atoms with Crippen LogP contribution in [0.4, 0.5) is 11.4 Å². The first kappa shape index (κ1) is 16.3. The van der Waals surface area contributed by atoms with Crippen LogP contribution >= 0.6 is 0 Å². The zero-order valence-electron chi connectivity index (χ0n) is 14.6.